The van der Waals surface area contributed by atoms with Gasteiger partial charge >= 0.3 is 0 Å². The molecule has 0 aromatic heterocycles. The van der Waals surface area contributed by atoms with Gasteiger partial charge in [-0.1, -0.05) is 30.3 Å². The summed E-state index contributed by atoms with van der Waals surface area (Å²) in [5.41, 5.74) is 1.61. The summed E-state index contributed by atoms with van der Waals surface area (Å²) in [5.74, 6) is -0.0432. The number of anilines is 1. The van der Waals surface area contributed by atoms with E-state index in [1.54, 1.807) is 48.5 Å². The predicted molar refractivity (Wildman–Crippen MR) is 104 cm³/mol. The smallest absolute Gasteiger partial charge is 0.245 e. The van der Waals surface area contributed by atoms with Crippen LogP contribution < -0.4 is 9.04 Å². The van der Waals surface area contributed by atoms with Crippen molar-refractivity contribution in [2.75, 3.05) is 11.4 Å². The van der Waals surface area contributed by atoms with Crippen LogP contribution in [0.3, 0.4) is 0 Å². The molecule has 1 amide bonds. The Balaban J connectivity index is 2.44. The van der Waals surface area contributed by atoms with Crippen molar-refractivity contribution in [1.29, 1.82) is 5.26 Å². The zero-order chi connectivity index (χ0) is 20.0. The molecule has 0 aliphatic rings. The van der Waals surface area contributed by atoms with Crippen molar-refractivity contribution in [3.63, 3.8) is 0 Å². The van der Waals surface area contributed by atoms with Gasteiger partial charge in [0.25, 0.3) is 0 Å². The summed E-state index contributed by atoms with van der Waals surface area (Å²) in [6, 6.07) is 15.4. The van der Waals surface area contributed by atoms with Gasteiger partial charge < -0.3 is 4.74 Å². The molecule has 6 nitrogen and oxygen atoms in total. The zero-order valence-corrected chi connectivity index (χ0v) is 16.4. The Kier molecular flexibility index (Phi) is 6.59. The van der Waals surface area contributed by atoms with Gasteiger partial charge in [-0.05, 0) is 37.6 Å². The van der Waals surface area contributed by atoms with E-state index in [0.29, 0.717) is 11.3 Å². The number of nitriles is 1. The molecule has 0 saturated heterocycles. The first-order chi connectivity index (χ1) is 12.8. The van der Waals surface area contributed by atoms with Crippen molar-refractivity contribution in [3.8, 4) is 11.8 Å². The number of benzene rings is 2. The van der Waals surface area contributed by atoms with Crippen molar-refractivity contribution < 1.29 is 17.9 Å². The standard InChI is InChI=1S/C20H22N2O4S/c1-15(2)27(24,25)22(18-10-8-16(9-11-18)12-13-21)20(23)14-17-6-4-5-7-19(17)26-3/h4-11,15H,12,14H2,1-3H3. The van der Waals surface area contributed by atoms with E-state index < -0.39 is 21.2 Å². The molecule has 27 heavy (non-hydrogen) atoms. The van der Waals surface area contributed by atoms with Crippen LogP contribution in [0.2, 0.25) is 0 Å². The Bertz CT molecular complexity index is 945. The molecule has 2 aromatic rings. The summed E-state index contributed by atoms with van der Waals surface area (Å²) < 4.78 is 31.8. The van der Waals surface area contributed by atoms with Crippen LogP contribution >= 0.6 is 0 Å². The van der Waals surface area contributed by atoms with Crippen molar-refractivity contribution in [3.05, 3.63) is 59.7 Å². The van der Waals surface area contributed by atoms with Crippen LogP contribution in [0.4, 0.5) is 5.69 Å². The molecule has 142 valence electrons. The molecule has 0 aliphatic carbocycles. The molecule has 0 aliphatic heterocycles. The maximum Gasteiger partial charge on any atom is 0.245 e. The second-order valence-electron chi connectivity index (χ2n) is 6.24. The molecule has 2 aromatic carbocycles. The highest BCUT2D eigenvalue weighted by Gasteiger charge is 2.32. The van der Waals surface area contributed by atoms with Crippen molar-refractivity contribution in [1.82, 2.24) is 0 Å². The van der Waals surface area contributed by atoms with E-state index in [1.807, 2.05) is 6.07 Å². The summed E-state index contributed by atoms with van der Waals surface area (Å²) in [6.45, 7) is 3.06. The average molecular weight is 386 g/mol. The molecular formula is C20H22N2O4S. The lowest BCUT2D eigenvalue weighted by molar-refractivity contribution is -0.116. The van der Waals surface area contributed by atoms with Crippen LogP contribution in [0.5, 0.6) is 5.75 Å². The minimum absolute atomic E-state index is 0.115. The largest absolute Gasteiger partial charge is 0.496 e. The van der Waals surface area contributed by atoms with Gasteiger partial charge in [-0.15, -0.1) is 0 Å². The van der Waals surface area contributed by atoms with Crippen molar-refractivity contribution >= 4 is 21.6 Å². The van der Waals surface area contributed by atoms with Crippen LogP contribution in [0.1, 0.15) is 25.0 Å². The fourth-order valence-electron chi connectivity index (χ4n) is 2.57. The van der Waals surface area contributed by atoms with E-state index in [2.05, 4.69) is 0 Å². The number of hydrogen-bond acceptors (Lipinski definition) is 5. The van der Waals surface area contributed by atoms with E-state index in [0.717, 1.165) is 9.87 Å². The van der Waals surface area contributed by atoms with Crippen LogP contribution in [-0.4, -0.2) is 26.7 Å². The lowest BCUT2D eigenvalue weighted by atomic mass is 10.1. The highest BCUT2D eigenvalue weighted by molar-refractivity contribution is 7.94. The number of hydrogen-bond donors (Lipinski definition) is 0. The maximum absolute atomic E-state index is 13.0. The fraction of sp³-hybridized carbons (Fsp3) is 0.300. The average Bonchev–Trinajstić information content (AvgIpc) is 2.63. The summed E-state index contributed by atoms with van der Waals surface area (Å²) in [7, 11) is -2.38. The molecular weight excluding hydrogens is 364 g/mol. The van der Waals surface area contributed by atoms with Gasteiger partial charge in [0.15, 0.2) is 0 Å². The molecule has 0 spiro atoms. The highest BCUT2D eigenvalue weighted by Crippen LogP contribution is 2.25. The number of methoxy groups -OCH3 is 1. The van der Waals surface area contributed by atoms with Crippen LogP contribution in [0, 0.1) is 11.3 Å². The van der Waals surface area contributed by atoms with E-state index in [1.165, 1.54) is 21.0 Å². The number of carbonyl (C=O) groups is 1. The summed E-state index contributed by atoms with van der Waals surface area (Å²) in [4.78, 5) is 13.0. The Labute approximate surface area is 160 Å². The molecule has 0 heterocycles. The van der Waals surface area contributed by atoms with Gasteiger partial charge in [-0.2, -0.15) is 5.26 Å². The maximum atomic E-state index is 13.0. The molecule has 0 saturated carbocycles. The van der Waals surface area contributed by atoms with Gasteiger partial charge in [-0.3, -0.25) is 4.79 Å². The minimum atomic E-state index is -3.88. The normalized spacial score (nSPS) is 11.1. The second-order valence-corrected chi connectivity index (χ2v) is 8.58. The summed E-state index contributed by atoms with van der Waals surface area (Å²) in [6.07, 6.45) is 0.0995. The number of carbonyl (C=O) groups excluding carboxylic acids is 1. The Morgan fingerprint density at radius 2 is 1.78 bits per heavy atom. The third-order valence-electron chi connectivity index (χ3n) is 4.06. The lowest BCUT2D eigenvalue weighted by Crippen LogP contribution is -2.42. The number of rotatable bonds is 7. The number of amides is 1. The quantitative estimate of drug-likeness (QED) is 0.730. The predicted octanol–water partition coefficient (Wildman–Crippen LogP) is 3.08. The highest BCUT2D eigenvalue weighted by atomic mass is 32.2. The first-order valence-electron chi connectivity index (χ1n) is 8.46. The molecule has 0 fully saturated rings. The van der Waals surface area contributed by atoms with E-state index in [9.17, 15) is 13.2 Å². The van der Waals surface area contributed by atoms with Crippen LogP contribution in [0.15, 0.2) is 48.5 Å². The molecule has 0 unspecified atom stereocenters. The topological polar surface area (TPSA) is 87.5 Å². The SMILES string of the molecule is COc1ccccc1CC(=O)N(c1ccc(CC#N)cc1)S(=O)(=O)C(C)C. The third-order valence-corrected chi connectivity index (χ3v) is 6.18. The Morgan fingerprint density at radius 1 is 1.15 bits per heavy atom. The Morgan fingerprint density at radius 3 is 2.33 bits per heavy atom. The molecule has 7 heteroatoms. The van der Waals surface area contributed by atoms with Gasteiger partial charge in [0.1, 0.15) is 5.75 Å². The van der Waals surface area contributed by atoms with E-state index in [-0.39, 0.29) is 18.5 Å². The molecule has 2 rings (SSSR count). The summed E-state index contributed by atoms with van der Waals surface area (Å²) >= 11 is 0. The van der Waals surface area contributed by atoms with Gasteiger partial charge in [0.05, 0.1) is 37.0 Å². The number of para-hydroxylation sites is 1. The van der Waals surface area contributed by atoms with Gasteiger partial charge in [0, 0.05) is 5.56 Å². The number of sulfonamides is 1. The van der Waals surface area contributed by atoms with E-state index >= 15 is 0 Å². The first-order valence-corrected chi connectivity index (χ1v) is 9.96. The summed E-state index contributed by atoms with van der Waals surface area (Å²) in [5, 5.41) is 8.01. The number of nitrogens with zero attached hydrogens (tertiary/aromatic N) is 2. The second kappa shape index (κ2) is 8.69. The van der Waals surface area contributed by atoms with Crippen molar-refractivity contribution in [2.24, 2.45) is 0 Å². The monoisotopic (exact) mass is 386 g/mol. The van der Waals surface area contributed by atoms with Gasteiger partial charge in [-0.25, -0.2) is 12.7 Å². The third kappa shape index (κ3) is 4.66. The minimum Gasteiger partial charge on any atom is -0.496 e. The first kappa shape index (κ1) is 20.5. The zero-order valence-electron chi connectivity index (χ0n) is 15.5. The molecule has 0 N–H and O–H groups in total. The Hall–Kier alpha value is -2.85. The van der Waals surface area contributed by atoms with Gasteiger partial charge in [0.2, 0.25) is 15.9 Å². The van der Waals surface area contributed by atoms with Crippen molar-refractivity contribution in [2.45, 2.75) is 31.9 Å². The molecule has 0 atom stereocenters. The molecule has 0 bridgehead atoms. The van der Waals surface area contributed by atoms with Crippen LogP contribution in [-0.2, 0) is 27.7 Å². The lowest BCUT2D eigenvalue weighted by Gasteiger charge is -2.25. The number of ether oxygens (including phenoxy) is 1. The fourth-order valence-corrected chi connectivity index (χ4v) is 3.75. The van der Waals surface area contributed by atoms with E-state index in [4.69, 9.17) is 10.00 Å². The van der Waals surface area contributed by atoms with Crippen LogP contribution in [0.25, 0.3) is 0 Å². The molecule has 0 radical (unpaired) electrons.